The number of hydrogen-bond acceptors (Lipinski definition) is 3. The standard InChI is InChI=1S/C18H17Cl3N2O3/c19-18(20,21)11-26-17(25)23-9-8-13-12-5-1-2-6-14(12)22-16(13)15(23)7-3-4-10-24/h1-6,10,15,22H,7-9,11H2/b4-3+. The van der Waals surface area contributed by atoms with Gasteiger partial charge < -0.3 is 9.72 Å². The summed E-state index contributed by atoms with van der Waals surface area (Å²) in [5.74, 6) is 0. The Morgan fingerprint density at radius 3 is 2.85 bits per heavy atom. The van der Waals surface area contributed by atoms with Crippen LogP contribution in [0.3, 0.4) is 0 Å². The number of aldehydes is 1. The van der Waals surface area contributed by atoms with Gasteiger partial charge in [-0.25, -0.2) is 4.79 Å². The van der Waals surface area contributed by atoms with Crippen molar-refractivity contribution in [1.29, 1.82) is 0 Å². The Kier molecular flexibility index (Phi) is 5.80. The van der Waals surface area contributed by atoms with E-state index in [1.807, 2.05) is 18.2 Å². The number of fused-ring (bicyclic) bond motifs is 3. The lowest BCUT2D eigenvalue weighted by Crippen LogP contribution is -2.41. The highest BCUT2D eigenvalue weighted by molar-refractivity contribution is 6.67. The van der Waals surface area contributed by atoms with Gasteiger partial charge in [-0.1, -0.05) is 59.1 Å². The molecule has 2 heterocycles. The Bertz CT molecular complexity index is 842. The summed E-state index contributed by atoms with van der Waals surface area (Å²) in [7, 11) is 0. The first-order valence-electron chi connectivity index (χ1n) is 8.10. The second-order valence-corrected chi connectivity index (χ2v) is 8.51. The summed E-state index contributed by atoms with van der Waals surface area (Å²) >= 11 is 17.0. The Morgan fingerprint density at radius 1 is 1.35 bits per heavy atom. The number of carbonyl (C=O) groups excluding carboxylic acids is 2. The molecule has 26 heavy (non-hydrogen) atoms. The number of aromatic amines is 1. The van der Waals surface area contributed by atoms with Gasteiger partial charge in [0.15, 0.2) is 0 Å². The summed E-state index contributed by atoms with van der Waals surface area (Å²) in [6.07, 6.45) is 4.47. The molecule has 0 saturated heterocycles. The van der Waals surface area contributed by atoms with Crippen molar-refractivity contribution in [2.24, 2.45) is 0 Å². The van der Waals surface area contributed by atoms with Gasteiger partial charge in [0, 0.05) is 23.1 Å². The molecule has 0 aliphatic carbocycles. The Hall–Kier alpha value is -1.69. The van der Waals surface area contributed by atoms with Crippen LogP contribution in [0.5, 0.6) is 0 Å². The lowest BCUT2D eigenvalue weighted by Gasteiger charge is -2.34. The second kappa shape index (κ2) is 7.91. The van der Waals surface area contributed by atoms with Crippen LogP contribution in [0.2, 0.25) is 0 Å². The van der Waals surface area contributed by atoms with Crippen LogP contribution in [0, 0.1) is 0 Å². The van der Waals surface area contributed by atoms with Gasteiger partial charge in [-0.2, -0.15) is 0 Å². The van der Waals surface area contributed by atoms with Gasteiger partial charge in [0.25, 0.3) is 0 Å². The monoisotopic (exact) mass is 414 g/mol. The number of allylic oxidation sites excluding steroid dienone is 1. The molecule has 0 saturated carbocycles. The first-order valence-corrected chi connectivity index (χ1v) is 9.24. The summed E-state index contributed by atoms with van der Waals surface area (Å²) in [5.41, 5.74) is 3.13. The van der Waals surface area contributed by atoms with Crippen LogP contribution in [0.25, 0.3) is 10.9 Å². The summed E-state index contributed by atoms with van der Waals surface area (Å²) < 4.78 is 3.49. The summed E-state index contributed by atoms with van der Waals surface area (Å²) in [6, 6.07) is 7.71. The van der Waals surface area contributed by atoms with Gasteiger partial charge in [-0.3, -0.25) is 9.69 Å². The number of alkyl halides is 3. The maximum Gasteiger partial charge on any atom is 0.410 e. The number of hydrogen-bond donors (Lipinski definition) is 1. The van der Waals surface area contributed by atoms with Crippen LogP contribution < -0.4 is 0 Å². The van der Waals surface area contributed by atoms with E-state index in [1.54, 1.807) is 11.0 Å². The molecule has 1 amide bonds. The van der Waals surface area contributed by atoms with Gasteiger partial charge in [-0.05, 0) is 30.5 Å². The number of halogens is 3. The molecule has 1 aliphatic rings. The van der Waals surface area contributed by atoms with Crippen LogP contribution in [0.15, 0.2) is 36.4 Å². The third-order valence-corrected chi connectivity index (χ3v) is 4.65. The van der Waals surface area contributed by atoms with E-state index in [9.17, 15) is 9.59 Å². The van der Waals surface area contributed by atoms with Crippen LogP contribution in [-0.4, -0.2) is 39.2 Å². The maximum absolute atomic E-state index is 12.5. The fraction of sp³-hybridized carbons (Fsp3) is 0.333. The number of benzene rings is 1. The molecule has 1 N–H and O–H groups in total. The number of aromatic nitrogens is 1. The number of rotatable bonds is 4. The summed E-state index contributed by atoms with van der Waals surface area (Å²) in [5, 5.41) is 1.14. The molecule has 0 spiro atoms. The quantitative estimate of drug-likeness (QED) is 0.446. The topological polar surface area (TPSA) is 62.4 Å². The van der Waals surface area contributed by atoms with E-state index in [4.69, 9.17) is 39.5 Å². The average molecular weight is 416 g/mol. The highest BCUT2D eigenvalue weighted by Crippen LogP contribution is 2.37. The van der Waals surface area contributed by atoms with Crippen molar-refractivity contribution in [2.75, 3.05) is 13.2 Å². The highest BCUT2D eigenvalue weighted by atomic mass is 35.6. The third kappa shape index (κ3) is 4.17. The Labute approximate surface area is 165 Å². The molecule has 0 bridgehead atoms. The van der Waals surface area contributed by atoms with Crippen molar-refractivity contribution in [1.82, 2.24) is 9.88 Å². The molecule has 3 rings (SSSR count). The zero-order valence-corrected chi connectivity index (χ0v) is 16.0. The predicted octanol–water partition coefficient (Wildman–Crippen LogP) is 4.72. The number of H-pyrrole nitrogens is 1. The van der Waals surface area contributed by atoms with E-state index in [1.165, 1.54) is 11.6 Å². The molecule has 0 radical (unpaired) electrons. The number of ether oxygens (including phenoxy) is 1. The molecular formula is C18H17Cl3N2O3. The van der Waals surface area contributed by atoms with E-state index >= 15 is 0 Å². The summed E-state index contributed by atoms with van der Waals surface area (Å²) in [4.78, 5) is 28.2. The SMILES string of the molecule is O=C/C=C/CC1c2[nH]c3ccccc3c2CCN1C(=O)OCC(Cl)(Cl)Cl. The van der Waals surface area contributed by atoms with Gasteiger partial charge in [0.2, 0.25) is 3.79 Å². The van der Waals surface area contributed by atoms with Gasteiger partial charge in [0.05, 0.1) is 6.04 Å². The number of nitrogens with zero attached hydrogens (tertiary/aromatic N) is 1. The van der Waals surface area contributed by atoms with E-state index in [2.05, 4.69) is 11.1 Å². The molecule has 8 heteroatoms. The van der Waals surface area contributed by atoms with Crippen molar-refractivity contribution >= 4 is 58.1 Å². The second-order valence-electron chi connectivity index (χ2n) is 5.99. The third-order valence-electron chi connectivity index (χ3n) is 4.33. The normalized spacial score (nSPS) is 17.5. The zero-order chi connectivity index (χ0) is 18.7. The Morgan fingerprint density at radius 2 is 2.12 bits per heavy atom. The number of amides is 1. The number of carbonyl (C=O) groups is 2. The zero-order valence-electron chi connectivity index (χ0n) is 13.8. The fourth-order valence-corrected chi connectivity index (χ4v) is 3.44. The van der Waals surface area contributed by atoms with Crippen molar-refractivity contribution in [3.63, 3.8) is 0 Å². The van der Waals surface area contributed by atoms with Crippen molar-refractivity contribution < 1.29 is 14.3 Å². The first kappa shape index (κ1) is 19.1. The van der Waals surface area contributed by atoms with Crippen molar-refractivity contribution in [3.8, 4) is 0 Å². The molecular weight excluding hydrogens is 399 g/mol. The lowest BCUT2D eigenvalue weighted by molar-refractivity contribution is -0.104. The molecule has 1 atom stereocenters. The van der Waals surface area contributed by atoms with E-state index in [0.29, 0.717) is 25.7 Å². The van der Waals surface area contributed by atoms with Gasteiger partial charge in [-0.15, -0.1) is 0 Å². The molecule has 1 aromatic heterocycles. The van der Waals surface area contributed by atoms with Crippen LogP contribution in [0.1, 0.15) is 23.7 Å². The summed E-state index contributed by atoms with van der Waals surface area (Å²) in [6.45, 7) is 0.149. The molecule has 1 unspecified atom stereocenters. The van der Waals surface area contributed by atoms with Crippen molar-refractivity contribution in [3.05, 3.63) is 47.7 Å². The smallest absolute Gasteiger partial charge is 0.410 e. The largest absolute Gasteiger partial charge is 0.445 e. The maximum atomic E-state index is 12.5. The fourth-order valence-electron chi connectivity index (χ4n) is 3.27. The van der Waals surface area contributed by atoms with Gasteiger partial charge >= 0.3 is 6.09 Å². The minimum absolute atomic E-state index is 0.287. The minimum Gasteiger partial charge on any atom is -0.445 e. The van der Waals surface area contributed by atoms with Crippen LogP contribution >= 0.6 is 34.8 Å². The van der Waals surface area contributed by atoms with Crippen LogP contribution in [-0.2, 0) is 16.0 Å². The van der Waals surface area contributed by atoms with Crippen LogP contribution in [0.4, 0.5) is 4.79 Å². The molecule has 0 fully saturated rings. The van der Waals surface area contributed by atoms with E-state index in [0.717, 1.165) is 16.6 Å². The highest BCUT2D eigenvalue weighted by Gasteiger charge is 2.34. The van der Waals surface area contributed by atoms with Crippen molar-refractivity contribution in [2.45, 2.75) is 22.7 Å². The van der Waals surface area contributed by atoms with Gasteiger partial charge in [0.1, 0.15) is 12.9 Å². The first-order chi connectivity index (χ1) is 12.4. The lowest BCUT2D eigenvalue weighted by atomic mass is 9.95. The molecule has 1 aliphatic heterocycles. The molecule has 1 aromatic carbocycles. The number of nitrogens with one attached hydrogen (secondary N) is 1. The molecule has 5 nitrogen and oxygen atoms in total. The number of para-hydroxylation sites is 1. The van der Waals surface area contributed by atoms with E-state index in [-0.39, 0.29) is 12.6 Å². The molecule has 2 aromatic rings. The molecule has 138 valence electrons. The average Bonchev–Trinajstić information content (AvgIpc) is 2.98. The minimum atomic E-state index is -1.66. The van der Waals surface area contributed by atoms with E-state index < -0.39 is 9.89 Å². The predicted molar refractivity (Wildman–Crippen MR) is 103 cm³/mol. The Balaban J connectivity index is 1.91.